The summed E-state index contributed by atoms with van der Waals surface area (Å²) in [5, 5.41) is 11.9. The second-order valence-electron chi connectivity index (χ2n) is 5.53. The van der Waals surface area contributed by atoms with E-state index in [1.165, 1.54) is 17.5 Å². The summed E-state index contributed by atoms with van der Waals surface area (Å²) in [6.07, 6.45) is 0. The summed E-state index contributed by atoms with van der Waals surface area (Å²) < 4.78 is 84.9. The van der Waals surface area contributed by atoms with Crippen molar-refractivity contribution < 1.29 is 41.1 Å². The highest BCUT2D eigenvalue weighted by atomic mass is 32.1. The third-order valence-corrected chi connectivity index (χ3v) is 4.77. The first kappa shape index (κ1) is 16.5. The van der Waals surface area contributed by atoms with E-state index in [4.69, 9.17) is 9.22 Å². The molecule has 5 nitrogen and oxygen atoms in total. The maximum atomic E-state index is 14.8. The summed E-state index contributed by atoms with van der Waals surface area (Å²) in [5.74, 6) is -11.2. The first-order valence-electron chi connectivity index (χ1n) is 9.19. The van der Waals surface area contributed by atoms with Crippen molar-refractivity contribution in [1.29, 1.82) is 0 Å². The number of thiophene rings is 1. The number of rotatable bonds is 5. The SMILES string of the molecule is [2H]C([2H])([2H])Oc1ccccc1-c1c(F)c(F)c(NC(=O)c2ccsc2C(=O)O)c(F)c1F. The van der Waals surface area contributed by atoms with E-state index >= 15 is 0 Å². The van der Waals surface area contributed by atoms with Gasteiger partial charge in [-0.2, -0.15) is 0 Å². The molecule has 1 aromatic heterocycles. The number of carboxylic acids is 1. The van der Waals surface area contributed by atoms with Crippen LogP contribution < -0.4 is 10.1 Å². The summed E-state index contributed by atoms with van der Waals surface area (Å²) in [6.45, 7) is 0. The highest BCUT2D eigenvalue weighted by molar-refractivity contribution is 7.12. The van der Waals surface area contributed by atoms with Crippen molar-refractivity contribution in [2.75, 3.05) is 12.4 Å². The average Bonchev–Trinajstić information content (AvgIpc) is 3.20. The first-order chi connectivity index (χ1) is 14.9. The number of amides is 1. The maximum absolute atomic E-state index is 14.8. The molecule has 0 atom stereocenters. The molecule has 0 aliphatic carbocycles. The Morgan fingerprint density at radius 3 is 2.34 bits per heavy atom. The number of anilines is 1. The molecule has 2 aromatic carbocycles. The third-order valence-electron chi connectivity index (χ3n) is 3.87. The lowest BCUT2D eigenvalue weighted by Crippen LogP contribution is -2.18. The molecule has 0 saturated heterocycles. The van der Waals surface area contributed by atoms with Gasteiger partial charge in [-0.15, -0.1) is 11.3 Å². The van der Waals surface area contributed by atoms with Crippen LogP contribution in [0.3, 0.4) is 0 Å². The number of ether oxygens (including phenoxy) is 1. The molecule has 0 aliphatic heterocycles. The van der Waals surface area contributed by atoms with Gasteiger partial charge in [-0.3, -0.25) is 4.79 Å². The molecule has 10 heteroatoms. The summed E-state index contributed by atoms with van der Waals surface area (Å²) >= 11 is 0.661. The molecule has 0 bridgehead atoms. The Hall–Kier alpha value is -3.40. The highest BCUT2D eigenvalue weighted by Crippen LogP contribution is 2.38. The van der Waals surface area contributed by atoms with Crippen LogP contribution in [0.4, 0.5) is 23.2 Å². The van der Waals surface area contributed by atoms with Crippen LogP contribution in [0.25, 0.3) is 11.1 Å². The predicted octanol–water partition coefficient (Wildman–Crippen LogP) is 4.93. The Morgan fingerprint density at radius 1 is 1.07 bits per heavy atom. The van der Waals surface area contributed by atoms with Gasteiger partial charge < -0.3 is 15.2 Å². The molecule has 1 heterocycles. The van der Waals surface area contributed by atoms with E-state index < -0.39 is 75.2 Å². The molecule has 150 valence electrons. The Labute approximate surface area is 169 Å². The smallest absolute Gasteiger partial charge is 0.346 e. The van der Waals surface area contributed by atoms with E-state index in [0.717, 1.165) is 18.2 Å². The molecule has 0 radical (unpaired) electrons. The standard InChI is InChI=1S/C19H11F4NO4S/c1-28-10-5-3-2-4-8(10)11-12(20)14(22)16(15(23)13(11)21)24-18(25)9-6-7-29-17(9)19(26)27/h2-7H,1H3,(H,24,25)(H,26,27)/i1D3. The van der Waals surface area contributed by atoms with Crippen molar-refractivity contribution in [3.05, 3.63) is 69.4 Å². The molecule has 0 saturated carbocycles. The maximum Gasteiger partial charge on any atom is 0.346 e. The molecule has 0 aliphatic rings. The van der Waals surface area contributed by atoms with Gasteiger partial charge in [0.15, 0.2) is 23.3 Å². The van der Waals surface area contributed by atoms with Crippen LogP contribution in [0.1, 0.15) is 24.1 Å². The van der Waals surface area contributed by atoms with E-state index in [1.54, 1.807) is 5.32 Å². The molecule has 3 rings (SSSR count). The van der Waals surface area contributed by atoms with Crippen molar-refractivity contribution in [3.8, 4) is 16.9 Å². The number of halogens is 4. The minimum absolute atomic E-state index is 0.448. The van der Waals surface area contributed by atoms with Crippen LogP contribution >= 0.6 is 11.3 Å². The Morgan fingerprint density at radius 2 is 1.72 bits per heavy atom. The van der Waals surface area contributed by atoms with E-state index in [2.05, 4.69) is 4.74 Å². The summed E-state index contributed by atoms with van der Waals surface area (Å²) in [5.41, 5.74) is -3.78. The lowest BCUT2D eigenvalue weighted by Gasteiger charge is -2.15. The van der Waals surface area contributed by atoms with E-state index in [1.807, 2.05) is 0 Å². The van der Waals surface area contributed by atoms with Gasteiger partial charge in [0.05, 0.1) is 22.3 Å². The second kappa shape index (κ2) is 7.92. The Balaban J connectivity index is 2.10. The number of para-hydroxylation sites is 1. The van der Waals surface area contributed by atoms with E-state index in [-0.39, 0.29) is 0 Å². The van der Waals surface area contributed by atoms with Crippen LogP contribution in [-0.4, -0.2) is 24.0 Å². The monoisotopic (exact) mass is 428 g/mol. The Bertz CT molecular complexity index is 1200. The molecule has 1 amide bonds. The largest absolute Gasteiger partial charge is 0.496 e. The summed E-state index contributed by atoms with van der Waals surface area (Å²) in [6, 6.07) is 5.60. The number of carboxylic acid groups (broad SMARTS) is 1. The van der Waals surface area contributed by atoms with Gasteiger partial charge in [-0.25, -0.2) is 22.4 Å². The van der Waals surface area contributed by atoms with Crippen molar-refractivity contribution in [3.63, 3.8) is 0 Å². The zero-order chi connectivity index (χ0) is 23.8. The fraction of sp³-hybridized carbons (Fsp3) is 0.0526. The van der Waals surface area contributed by atoms with Crippen LogP contribution in [0, 0.1) is 23.3 Å². The van der Waals surface area contributed by atoms with E-state index in [0.29, 0.717) is 11.3 Å². The van der Waals surface area contributed by atoms with Crippen molar-refractivity contribution in [2.24, 2.45) is 0 Å². The topological polar surface area (TPSA) is 75.6 Å². The van der Waals surface area contributed by atoms with Gasteiger partial charge in [0.1, 0.15) is 16.3 Å². The summed E-state index contributed by atoms with van der Waals surface area (Å²) in [7, 11) is -3.02. The van der Waals surface area contributed by atoms with Crippen LogP contribution in [0.2, 0.25) is 0 Å². The van der Waals surface area contributed by atoms with Crippen molar-refractivity contribution in [1.82, 2.24) is 0 Å². The van der Waals surface area contributed by atoms with Gasteiger partial charge in [0, 0.05) is 5.56 Å². The third kappa shape index (κ3) is 3.54. The normalized spacial score (nSPS) is 12.6. The van der Waals surface area contributed by atoms with Crippen LogP contribution in [-0.2, 0) is 0 Å². The fourth-order valence-corrected chi connectivity index (χ4v) is 3.30. The first-order valence-corrected chi connectivity index (χ1v) is 8.56. The molecule has 3 aromatic rings. The van der Waals surface area contributed by atoms with Gasteiger partial charge in [-0.05, 0) is 17.5 Å². The van der Waals surface area contributed by atoms with E-state index in [9.17, 15) is 27.2 Å². The lowest BCUT2D eigenvalue weighted by atomic mass is 10.0. The number of benzene rings is 2. The Kier molecular flexibility index (Phi) is 4.52. The molecule has 0 spiro atoms. The van der Waals surface area contributed by atoms with Crippen LogP contribution in [0.15, 0.2) is 35.7 Å². The minimum Gasteiger partial charge on any atom is -0.496 e. The highest BCUT2D eigenvalue weighted by Gasteiger charge is 2.29. The number of nitrogens with one attached hydrogen (secondary N) is 1. The average molecular weight is 428 g/mol. The van der Waals surface area contributed by atoms with Gasteiger partial charge in [0.25, 0.3) is 5.91 Å². The molecular weight excluding hydrogens is 414 g/mol. The molecule has 0 fully saturated rings. The summed E-state index contributed by atoms with van der Waals surface area (Å²) in [4.78, 5) is 22.9. The van der Waals surface area contributed by atoms with Crippen LogP contribution in [0.5, 0.6) is 5.75 Å². The number of hydrogen-bond acceptors (Lipinski definition) is 4. The van der Waals surface area contributed by atoms with Crippen molar-refractivity contribution in [2.45, 2.75) is 0 Å². The van der Waals surface area contributed by atoms with Gasteiger partial charge in [0.2, 0.25) is 0 Å². The molecule has 29 heavy (non-hydrogen) atoms. The second-order valence-corrected chi connectivity index (χ2v) is 6.44. The lowest BCUT2D eigenvalue weighted by molar-refractivity contribution is 0.0698. The molecule has 2 N–H and O–H groups in total. The predicted molar refractivity (Wildman–Crippen MR) is 97.5 cm³/mol. The number of carbonyl (C=O) groups excluding carboxylic acids is 1. The quantitative estimate of drug-likeness (QED) is 0.446. The zero-order valence-corrected chi connectivity index (χ0v) is 14.9. The number of aromatic carboxylic acids is 1. The van der Waals surface area contributed by atoms with Gasteiger partial charge in [-0.1, -0.05) is 18.2 Å². The number of methoxy groups -OCH3 is 1. The number of hydrogen-bond donors (Lipinski definition) is 2. The fourth-order valence-electron chi connectivity index (χ4n) is 2.57. The van der Waals surface area contributed by atoms with Crippen molar-refractivity contribution >= 4 is 28.9 Å². The van der Waals surface area contributed by atoms with Gasteiger partial charge >= 0.3 is 5.97 Å². The molecular formula is C19H11F4NO4S. The minimum atomic E-state index is -3.02. The molecule has 0 unspecified atom stereocenters. The zero-order valence-electron chi connectivity index (χ0n) is 17.1. The number of carbonyl (C=O) groups is 2.